The molecule has 0 radical (unpaired) electrons. The van der Waals surface area contributed by atoms with E-state index in [1.54, 1.807) is 0 Å². The molecule has 0 atom stereocenters. The summed E-state index contributed by atoms with van der Waals surface area (Å²) in [7, 11) is -3.04. The Kier molecular flexibility index (Phi) is 5.39. The standard InChI is InChI=1S/C10H12Cl2N2O4S/c1-19(17,18)4-2-3-13-9-5-7(11)8(12)6-10(9)14(15)16/h5-6,13H,2-4H2,1H3. The summed E-state index contributed by atoms with van der Waals surface area (Å²) < 4.78 is 21.9. The first kappa shape index (κ1) is 16.0. The lowest BCUT2D eigenvalue weighted by atomic mass is 10.2. The molecule has 0 aliphatic heterocycles. The Bertz CT molecular complexity index is 589. The summed E-state index contributed by atoms with van der Waals surface area (Å²) in [5.74, 6) is 0.00905. The summed E-state index contributed by atoms with van der Waals surface area (Å²) in [5, 5.41) is 13.9. The molecule has 19 heavy (non-hydrogen) atoms. The number of benzene rings is 1. The van der Waals surface area contributed by atoms with E-state index in [1.807, 2.05) is 0 Å². The number of rotatable bonds is 6. The van der Waals surface area contributed by atoms with Gasteiger partial charge in [0.15, 0.2) is 0 Å². The lowest BCUT2D eigenvalue weighted by molar-refractivity contribution is -0.383. The first-order chi connectivity index (χ1) is 8.70. The fourth-order valence-corrected chi connectivity index (χ4v) is 2.38. The summed E-state index contributed by atoms with van der Waals surface area (Å²) in [5.41, 5.74) is 0.0154. The highest BCUT2D eigenvalue weighted by atomic mass is 35.5. The molecule has 0 aliphatic rings. The largest absolute Gasteiger partial charge is 0.379 e. The fourth-order valence-electron chi connectivity index (χ4n) is 1.39. The van der Waals surface area contributed by atoms with Crippen LogP contribution in [-0.2, 0) is 9.84 Å². The fraction of sp³-hybridized carbons (Fsp3) is 0.400. The van der Waals surface area contributed by atoms with Gasteiger partial charge in [0.2, 0.25) is 0 Å². The van der Waals surface area contributed by atoms with Crippen LogP contribution in [0.4, 0.5) is 11.4 Å². The van der Waals surface area contributed by atoms with Gasteiger partial charge in [0.1, 0.15) is 15.5 Å². The van der Waals surface area contributed by atoms with Crippen LogP contribution in [0.2, 0.25) is 10.0 Å². The zero-order valence-corrected chi connectivity index (χ0v) is 12.3. The Morgan fingerprint density at radius 2 is 1.89 bits per heavy atom. The van der Waals surface area contributed by atoms with E-state index in [0.29, 0.717) is 6.42 Å². The lowest BCUT2D eigenvalue weighted by Crippen LogP contribution is -2.10. The Labute approximate surface area is 120 Å². The van der Waals surface area contributed by atoms with Gasteiger partial charge in [-0.05, 0) is 12.5 Å². The quantitative estimate of drug-likeness (QED) is 0.493. The minimum atomic E-state index is -3.04. The SMILES string of the molecule is CS(=O)(=O)CCCNc1cc(Cl)c(Cl)cc1[N+](=O)[O-]. The number of hydrogen-bond acceptors (Lipinski definition) is 5. The summed E-state index contributed by atoms with van der Waals surface area (Å²) in [4.78, 5) is 10.3. The highest BCUT2D eigenvalue weighted by Gasteiger charge is 2.16. The molecule has 1 aromatic rings. The van der Waals surface area contributed by atoms with Crippen molar-refractivity contribution in [2.75, 3.05) is 23.9 Å². The van der Waals surface area contributed by atoms with Crippen LogP contribution in [0.1, 0.15) is 6.42 Å². The van der Waals surface area contributed by atoms with E-state index in [0.717, 1.165) is 12.3 Å². The highest BCUT2D eigenvalue weighted by molar-refractivity contribution is 7.90. The zero-order valence-electron chi connectivity index (χ0n) is 10.0. The molecular formula is C10H12Cl2N2O4S. The molecule has 0 fully saturated rings. The Hall–Kier alpha value is -1.05. The van der Waals surface area contributed by atoms with Crippen LogP contribution in [0.15, 0.2) is 12.1 Å². The maximum absolute atomic E-state index is 10.9. The molecule has 0 bridgehead atoms. The molecule has 106 valence electrons. The molecule has 0 spiro atoms. The second-order valence-electron chi connectivity index (χ2n) is 3.95. The van der Waals surface area contributed by atoms with Crippen molar-refractivity contribution < 1.29 is 13.3 Å². The van der Waals surface area contributed by atoms with Crippen LogP contribution in [-0.4, -0.2) is 31.9 Å². The zero-order chi connectivity index (χ0) is 14.6. The lowest BCUT2D eigenvalue weighted by Gasteiger charge is -2.08. The number of halogens is 2. The van der Waals surface area contributed by atoms with E-state index in [2.05, 4.69) is 5.32 Å². The van der Waals surface area contributed by atoms with Crippen LogP contribution in [0.5, 0.6) is 0 Å². The number of nitrogens with one attached hydrogen (secondary N) is 1. The van der Waals surface area contributed by atoms with Gasteiger partial charge in [0, 0.05) is 18.9 Å². The Balaban J connectivity index is 2.77. The van der Waals surface area contributed by atoms with Crippen LogP contribution in [0.25, 0.3) is 0 Å². The van der Waals surface area contributed by atoms with Gasteiger partial charge in [-0.3, -0.25) is 10.1 Å². The molecular weight excluding hydrogens is 315 g/mol. The molecule has 0 saturated heterocycles. The number of nitro groups is 1. The first-order valence-electron chi connectivity index (χ1n) is 5.26. The molecule has 0 amide bonds. The van der Waals surface area contributed by atoms with Crippen LogP contribution < -0.4 is 5.32 Å². The number of anilines is 1. The van der Waals surface area contributed by atoms with Crippen molar-refractivity contribution in [1.82, 2.24) is 0 Å². The van der Waals surface area contributed by atoms with Gasteiger partial charge in [0.25, 0.3) is 5.69 Å². The number of hydrogen-bond donors (Lipinski definition) is 1. The minimum absolute atomic E-state index is 0.00905. The summed E-state index contributed by atoms with van der Waals surface area (Å²) in [6.07, 6.45) is 1.48. The molecule has 1 aromatic carbocycles. The highest BCUT2D eigenvalue weighted by Crippen LogP contribution is 2.33. The van der Waals surface area contributed by atoms with Crippen molar-refractivity contribution in [2.24, 2.45) is 0 Å². The summed E-state index contributed by atoms with van der Waals surface area (Å²) >= 11 is 11.5. The number of sulfone groups is 1. The van der Waals surface area contributed by atoms with Gasteiger partial charge in [-0.25, -0.2) is 8.42 Å². The van der Waals surface area contributed by atoms with E-state index in [9.17, 15) is 18.5 Å². The topological polar surface area (TPSA) is 89.3 Å². The molecule has 6 nitrogen and oxygen atoms in total. The third-order valence-corrected chi connectivity index (χ3v) is 4.00. The van der Waals surface area contributed by atoms with E-state index in [-0.39, 0.29) is 33.7 Å². The molecule has 1 N–H and O–H groups in total. The van der Waals surface area contributed by atoms with Gasteiger partial charge < -0.3 is 5.32 Å². The van der Waals surface area contributed by atoms with Gasteiger partial charge in [0.05, 0.1) is 20.7 Å². The molecule has 0 heterocycles. The predicted octanol–water partition coefficient (Wildman–Crippen LogP) is 2.75. The molecule has 1 rings (SSSR count). The molecule has 0 aromatic heterocycles. The van der Waals surface area contributed by atoms with Crippen molar-refractivity contribution in [3.63, 3.8) is 0 Å². The normalized spacial score (nSPS) is 11.3. The summed E-state index contributed by atoms with van der Waals surface area (Å²) in [6, 6.07) is 2.51. The van der Waals surface area contributed by atoms with Crippen molar-refractivity contribution in [3.05, 3.63) is 32.3 Å². The van der Waals surface area contributed by atoms with E-state index in [1.165, 1.54) is 6.07 Å². The molecule has 0 saturated carbocycles. The van der Waals surface area contributed by atoms with E-state index >= 15 is 0 Å². The smallest absolute Gasteiger partial charge is 0.293 e. The van der Waals surface area contributed by atoms with Gasteiger partial charge in [-0.15, -0.1) is 0 Å². The Morgan fingerprint density at radius 1 is 1.32 bits per heavy atom. The maximum atomic E-state index is 10.9. The third kappa shape index (κ3) is 5.22. The Morgan fingerprint density at radius 3 is 2.42 bits per heavy atom. The van der Waals surface area contributed by atoms with Crippen molar-refractivity contribution >= 4 is 44.4 Å². The second kappa shape index (κ2) is 6.40. The van der Waals surface area contributed by atoms with Crippen molar-refractivity contribution in [2.45, 2.75) is 6.42 Å². The minimum Gasteiger partial charge on any atom is -0.379 e. The second-order valence-corrected chi connectivity index (χ2v) is 7.02. The molecule has 0 aliphatic carbocycles. The van der Waals surface area contributed by atoms with Crippen LogP contribution in [0, 0.1) is 10.1 Å². The van der Waals surface area contributed by atoms with E-state index in [4.69, 9.17) is 23.2 Å². The monoisotopic (exact) mass is 326 g/mol. The predicted molar refractivity (Wildman–Crippen MR) is 75.9 cm³/mol. The van der Waals surface area contributed by atoms with Gasteiger partial charge in [-0.1, -0.05) is 23.2 Å². The molecule has 0 unspecified atom stereocenters. The summed E-state index contributed by atoms with van der Waals surface area (Å²) in [6.45, 7) is 0.284. The third-order valence-electron chi connectivity index (χ3n) is 2.24. The first-order valence-corrected chi connectivity index (χ1v) is 8.07. The van der Waals surface area contributed by atoms with Gasteiger partial charge in [-0.2, -0.15) is 0 Å². The molecule has 9 heteroatoms. The number of nitrogens with zero attached hydrogens (tertiary/aromatic N) is 1. The van der Waals surface area contributed by atoms with Crippen LogP contribution in [0.3, 0.4) is 0 Å². The average molecular weight is 327 g/mol. The number of nitro benzene ring substituents is 1. The van der Waals surface area contributed by atoms with E-state index < -0.39 is 14.8 Å². The van der Waals surface area contributed by atoms with Crippen molar-refractivity contribution in [3.8, 4) is 0 Å². The van der Waals surface area contributed by atoms with Crippen molar-refractivity contribution in [1.29, 1.82) is 0 Å². The van der Waals surface area contributed by atoms with Crippen LogP contribution >= 0.6 is 23.2 Å². The maximum Gasteiger partial charge on any atom is 0.293 e. The average Bonchev–Trinajstić information content (AvgIpc) is 2.27. The van der Waals surface area contributed by atoms with Gasteiger partial charge >= 0.3 is 0 Å².